The molecule has 3 aromatic carbocycles. The number of hydrogen-bond acceptors (Lipinski definition) is 4. The predicted octanol–water partition coefficient (Wildman–Crippen LogP) is 5.53. The first-order valence-corrected chi connectivity index (χ1v) is 9.75. The molecule has 0 saturated carbocycles. The van der Waals surface area contributed by atoms with E-state index in [-0.39, 0.29) is 5.91 Å². The fraction of sp³-hybridized carbons (Fsp3) is 0.115. The average Bonchev–Trinajstić information content (AvgIpc) is 2.81. The highest BCUT2D eigenvalue weighted by atomic mass is 16.5. The number of carbonyl (C=O) groups excluding carboxylic acids is 1. The minimum absolute atomic E-state index is 0.186. The van der Waals surface area contributed by atoms with Gasteiger partial charge in [0.15, 0.2) is 11.5 Å². The van der Waals surface area contributed by atoms with E-state index in [2.05, 4.69) is 5.32 Å². The van der Waals surface area contributed by atoms with Gasteiger partial charge in [0, 0.05) is 11.8 Å². The third kappa shape index (κ3) is 6.00. The first-order valence-electron chi connectivity index (χ1n) is 9.75. The molecule has 31 heavy (non-hydrogen) atoms. The molecule has 0 aliphatic rings. The Balaban J connectivity index is 1.72. The molecule has 0 unspecified atom stereocenters. The van der Waals surface area contributed by atoms with Gasteiger partial charge in [-0.05, 0) is 47.0 Å². The lowest BCUT2D eigenvalue weighted by Gasteiger charge is -2.12. The van der Waals surface area contributed by atoms with E-state index >= 15 is 0 Å². The molecule has 0 aliphatic carbocycles. The van der Waals surface area contributed by atoms with Gasteiger partial charge < -0.3 is 19.5 Å². The number of rotatable bonds is 8. The van der Waals surface area contributed by atoms with E-state index in [0.29, 0.717) is 17.2 Å². The van der Waals surface area contributed by atoms with Crippen LogP contribution in [0.25, 0.3) is 18.2 Å². The van der Waals surface area contributed by atoms with Gasteiger partial charge in [-0.3, -0.25) is 4.79 Å². The van der Waals surface area contributed by atoms with Gasteiger partial charge >= 0.3 is 0 Å². The Bertz CT molecular complexity index is 1060. The van der Waals surface area contributed by atoms with Gasteiger partial charge in [0.2, 0.25) is 11.7 Å². The Morgan fingerprint density at radius 3 is 2.00 bits per heavy atom. The minimum atomic E-state index is -0.186. The predicted molar refractivity (Wildman–Crippen MR) is 126 cm³/mol. The van der Waals surface area contributed by atoms with Gasteiger partial charge in [0.25, 0.3) is 0 Å². The number of anilines is 1. The molecule has 3 aromatic rings. The lowest BCUT2D eigenvalue weighted by molar-refractivity contribution is -0.111. The standard InChI is InChI=1S/C26H25NO4/c1-29-23-17-21(18-24(30-2)26(23)31-3)13-12-20-10-7-11-22(16-20)27-25(28)15-14-19-8-5-4-6-9-19/h4-18H,1-3H3,(H,27,28)/b13-12+,15-14+. The number of methoxy groups -OCH3 is 3. The molecule has 0 saturated heterocycles. The van der Waals surface area contributed by atoms with Gasteiger partial charge in [-0.25, -0.2) is 0 Å². The third-order valence-electron chi connectivity index (χ3n) is 4.54. The summed E-state index contributed by atoms with van der Waals surface area (Å²) in [4.78, 5) is 12.2. The lowest BCUT2D eigenvalue weighted by atomic mass is 10.1. The first kappa shape index (κ1) is 21.7. The van der Waals surface area contributed by atoms with Crippen molar-refractivity contribution in [2.45, 2.75) is 0 Å². The molecule has 0 radical (unpaired) electrons. The average molecular weight is 415 g/mol. The second-order valence-electron chi connectivity index (χ2n) is 6.65. The highest BCUT2D eigenvalue weighted by Crippen LogP contribution is 2.38. The second-order valence-corrected chi connectivity index (χ2v) is 6.65. The fourth-order valence-corrected chi connectivity index (χ4v) is 3.03. The molecule has 1 N–H and O–H groups in total. The van der Waals surface area contributed by atoms with Gasteiger partial charge in [-0.2, -0.15) is 0 Å². The smallest absolute Gasteiger partial charge is 0.248 e. The van der Waals surface area contributed by atoms with Crippen LogP contribution in [0.1, 0.15) is 16.7 Å². The zero-order chi connectivity index (χ0) is 22.1. The number of benzene rings is 3. The van der Waals surface area contributed by atoms with Crippen LogP contribution >= 0.6 is 0 Å². The maximum Gasteiger partial charge on any atom is 0.248 e. The van der Waals surface area contributed by atoms with E-state index in [0.717, 1.165) is 22.4 Å². The van der Waals surface area contributed by atoms with Crippen LogP contribution in [-0.4, -0.2) is 27.2 Å². The van der Waals surface area contributed by atoms with Crippen molar-refractivity contribution in [3.63, 3.8) is 0 Å². The quantitative estimate of drug-likeness (QED) is 0.388. The van der Waals surface area contributed by atoms with Crippen LogP contribution in [0.15, 0.2) is 72.8 Å². The summed E-state index contributed by atoms with van der Waals surface area (Å²) in [6, 6.07) is 21.0. The Hall–Kier alpha value is -3.99. The van der Waals surface area contributed by atoms with Gasteiger partial charge in [0.05, 0.1) is 21.3 Å². The van der Waals surface area contributed by atoms with Crippen molar-refractivity contribution in [1.82, 2.24) is 0 Å². The van der Waals surface area contributed by atoms with Crippen molar-refractivity contribution in [1.29, 1.82) is 0 Å². The van der Waals surface area contributed by atoms with Crippen molar-refractivity contribution >= 4 is 29.8 Å². The van der Waals surface area contributed by atoms with Gasteiger partial charge in [0.1, 0.15) is 0 Å². The molecule has 0 aliphatic heterocycles. The zero-order valence-electron chi connectivity index (χ0n) is 17.8. The van der Waals surface area contributed by atoms with Gasteiger partial charge in [-0.1, -0.05) is 54.6 Å². The van der Waals surface area contributed by atoms with Crippen molar-refractivity contribution < 1.29 is 19.0 Å². The third-order valence-corrected chi connectivity index (χ3v) is 4.54. The Morgan fingerprint density at radius 2 is 1.35 bits per heavy atom. The van der Waals surface area contributed by atoms with Crippen molar-refractivity contribution in [2.24, 2.45) is 0 Å². The van der Waals surface area contributed by atoms with Crippen LogP contribution in [0.4, 0.5) is 5.69 Å². The summed E-state index contributed by atoms with van der Waals surface area (Å²) in [6.45, 7) is 0. The van der Waals surface area contributed by atoms with E-state index in [1.165, 1.54) is 6.08 Å². The molecule has 1 amide bonds. The molecular weight excluding hydrogens is 390 g/mol. The molecular formula is C26H25NO4. The van der Waals surface area contributed by atoms with E-state index < -0.39 is 0 Å². The number of ether oxygens (including phenoxy) is 3. The summed E-state index contributed by atoms with van der Waals surface area (Å²) in [6.07, 6.45) is 7.20. The van der Waals surface area contributed by atoms with Crippen molar-refractivity contribution in [2.75, 3.05) is 26.6 Å². The molecule has 5 heteroatoms. The summed E-state index contributed by atoms with van der Waals surface area (Å²) in [5.41, 5.74) is 3.53. The highest BCUT2D eigenvalue weighted by molar-refractivity contribution is 6.02. The molecule has 158 valence electrons. The number of amides is 1. The first-order chi connectivity index (χ1) is 15.1. The summed E-state index contributed by atoms with van der Waals surface area (Å²) in [5, 5.41) is 2.89. The van der Waals surface area contributed by atoms with E-state index in [9.17, 15) is 4.79 Å². The largest absolute Gasteiger partial charge is 0.493 e. The van der Waals surface area contributed by atoms with Crippen LogP contribution in [0.5, 0.6) is 17.2 Å². The molecule has 0 heterocycles. The summed E-state index contributed by atoms with van der Waals surface area (Å²) in [5.74, 6) is 1.55. The van der Waals surface area contributed by atoms with Crippen molar-refractivity contribution in [3.8, 4) is 17.2 Å². The monoisotopic (exact) mass is 415 g/mol. The molecule has 0 bridgehead atoms. The summed E-state index contributed by atoms with van der Waals surface area (Å²) in [7, 11) is 4.75. The Labute approximate surface area is 182 Å². The van der Waals surface area contributed by atoms with E-state index in [1.807, 2.05) is 78.9 Å². The van der Waals surface area contributed by atoms with Crippen LogP contribution < -0.4 is 19.5 Å². The molecule has 0 atom stereocenters. The summed E-state index contributed by atoms with van der Waals surface area (Å²) < 4.78 is 16.1. The fourth-order valence-electron chi connectivity index (χ4n) is 3.03. The van der Waals surface area contributed by atoms with Crippen LogP contribution in [0.2, 0.25) is 0 Å². The normalized spacial score (nSPS) is 10.9. The molecule has 0 aromatic heterocycles. The van der Waals surface area contributed by atoms with Crippen molar-refractivity contribution in [3.05, 3.63) is 89.5 Å². The molecule has 3 rings (SSSR count). The minimum Gasteiger partial charge on any atom is -0.493 e. The maximum absolute atomic E-state index is 12.2. The SMILES string of the molecule is COc1cc(/C=C/c2cccc(NC(=O)/C=C/c3ccccc3)c2)cc(OC)c1OC. The van der Waals surface area contributed by atoms with E-state index in [4.69, 9.17) is 14.2 Å². The van der Waals surface area contributed by atoms with Crippen LogP contribution in [-0.2, 0) is 4.79 Å². The zero-order valence-corrected chi connectivity index (χ0v) is 17.8. The second kappa shape index (κ2) is 10.7. The molecule has 0 fully saturated rings. The van der Waals surface area contributed by atoms with Crippen LogP contribution in [0.3, 0.4) is 0 Å². The maximum atomic E-state index is 12.2. The Kier molecular flexibility index (Phi) is 7.49. The summed E-state index contributed by atoms with van der Waals surface area (Å²) >= 11 is 0. The number of nitrogens with one attached hydrogen (secondary N) is 1. The van der Waals surface area contributed by atoms with E-state index in [1.54, 1.807) is 27.4 Å². The number of hydrogen-bond donors (Lipinski definition) is 1. The molecule has 0 spiro atoms. The Morgan fingerprint density at radius 1 is 0.710 bits per heavy atom. The number of carbonyl (C=O) groups is 1. The molecule has 5 nitrogen and oxygen atoms in total. The topological polar surface area (TPSA) is 56.8 Å². The van der Waals surface area contributed by atoms with Crippen LogP contribution in [0, 0.1) is 0 Å². The van der Waals surface area contributed by atoms with Gasteiger partial charge in [-0.15, -0.1) is 0 Å². The lowest BCUT2D eigenvalue weighted by Crippen LogP contribution is -2.07. The highest BCUT2D eigenvalue weighted by Gasteiger charge is 2.12.